The van der Waals surface area contributed by atoms with Gasteiger partial charge in [0, 0.05) is 43.5 Å². The normalized spacial score (nSPS) is 11.7. The standard InChI is InChI=1S/C23H17F3N8O/c1-27-17-6-8-28-18(31-17)13-33-11-7-16(12-19(33)35)34-22-21(29-9-10-30-22)20(32-34)14-2-4-15(5-3-14)23(24,25)26/h2-12H,13H2,1H3,(H,27,28,31). The first-order valence-corrected chi connectivity index (χ1v) is 10.4. The number of alkyl halides is 3. The summed E-state index contributed by atoms with van der Waals surface area (Å²) >= 11 is 0. The number of hydrogen-bond donors (Lipinski definition) is 1. The Morgan fingerprint density at radius 1 is 0.971 bits per heavy atom. The van der Waals surface area contributed by atoms with Crippen molar-refractivity contribution in [3.8, 4) is 16.9 Å². The van der Waals surface area contributed by atoms with Gasteiger partial charge in [-0.3, -0.25) is 4.79 Å². The molecule has 35 heavy (non-hydrogen) atoms. The molecule has 0 aliphatic heterocycles. The Balaban J connectivity index is 1.53. The molecule has 0 amide bonds. The molecule has 176 valence electrons. The van der Waals surface area contributed by atoms with Crippen molar-refractivity contribution in [3.63, 3.8) is 0 Å². The van der Waals surface area contributed by atoms with E-state index in [-0.39, 0.29) is 12.1 Å². The molecule has 0 bridgehead atoms. The van der Waals surface area contributed by atoms with Gasteiger partial charge < -0.3 is 9.88 Å². The van der Waals surface area contributed by atoms with Crippen molar-refractivity contribution in [1.29, 1.82) is 0 Å². The monoisotopic (exact) mass is 478 g/mol. The zero-order chi connectivity index (χ0) is 24.6. The van der Waals surface area contributed by atoms with E-state index in [2.05, 4.69) is 30.4 Å². The molecule has 1 aromatic carbocycles. The van der Waals surface area contributed by atoms with E-state index in [1.54, 1.807) is 31.6 Å². The largest absolute Gasteiger partial charge is 0.416 e. The third kappa shape index (κ3) is 4.33. The lowest BCUT2D eigenvalue weighted by molar-refractivity contribution is -0.137. The fourth-order valence-electron chi connectivity index (χ4n) is 3.57. The van der Waals surface area contributed by atoms with Crippen LogP contribution in [0.3, 0.4) is 0 Å². The Labute approximate surface area is 196 Å². The predicted octanol–water partition coefficient (Wildman–Crippen LogP) is 3.54. The Morgan fingerprint density at radius 2 is 1.74 bits per heavy atom. The van der Waals surface area contributed by atoms with E-state index in [0.29, 0.717) is 39.8 Å². The zero-order valence-electron chi connectivity index (χ0n) is 18.2. The van der Waals surface area contributed by atoms with Crippen molar-refractivity contribution < 1.29 is 13.2 Å². The van der Waals surface area contributed by atoms with Crippen molar-refractivity contribution in [2.24, 2.45) is 0 Å². The first-order chi connectivity index (χ1) is 16.8. The van der Waals surface area contributed by atoms with Crippen LogP contribution in [0.1, 0.15) is 11.4 Å². The summed E-state index contributed by atoms with van der Waals surface area (Å²) in [7, 11) is 1.74. The highest BCUT2D eigenvalue weighted by atomic mass is 19.4. The van der Waals surface area contributed by atoms with Gasteiger partial charge >= 0.3 is 6.18 Å². The van der Waals surface area contributed by atoms with E-state index in [4.69, 9.17) is 0 Å². The van der Waals surface area contributed by atoms with E-state index < -0.39 is 11.7 Å². The summed E-state index contributed by atoms with van der Waals surface area (Å²) in [5.74, 6) is 1.10. The summed E-state index contributed by atoms with van der Waals surface area (Å²) in [4.78, 5) is 30.0. The molecule has 0 spiro atoms. The smallest absolute Gasteiger partial charge is 0.373 e. The van der Waals surface area contributed by atoms with E-state index in [9.17, 15) is 18.0 Å². The van der Waals surface area contributed by atoms with Crippen LogP contribution in [0.15, 0.2) is 72.0 Å². The molecule has 0 unspecified atom stereocenters. The fourth-order valence-corrected chi connectivity index (χ4v) is 3.57. The fraction of sp³-hybridized carbons (Fsp3) is 0.130. The van der Waals surface area contributed by atoms with Crippen LogP contribution in [0.25, 0.3) is 28.1 Å². The topological polar surface area (TPSA) is 103 Å². The number of fused-ring (bicyclic) bond motifs is 1. The van der Waals surface area contributed by atoms with Gasteiger partial charge in [0.05, 0.1) is 17.8 Å². The molecule has 0 aliphatic carbocycles. The van der Waals surface area contributed by atoms with Crippen molar-refractivity contribution in [2.45, 2.75) is 12.7 Å². The minimum atomic E-state index is -4.44. The molecule has 0 fully saturated rings. The van der Waals surface area contributed by atoms with Gasteiger partial charge in [0.15, 0.2) is 5.65 Å². The highest BCUT2D eigenvalue weighted by molar-refractivity contribution is 5.88. The summed E-state index contributed by atoms with van der Waals surface area (Å²) in [6, 6.07) is 9.43. The molecule has 0 saturated carbocycles. The number of nitrogens with one attached hydrogen (secondary N) is 1. The average molecular weight is 478 g/mol. The van der Waals surface area contributed by atoms with E-state index in [0.717, 1.165) is 12.1 Å². The van der Waals surface area contributed by atoms with Gasteiger partial charge in [-0.2, -0.15) is 18.3 Å². The highest BCUT2D eigenvalue weighted by Gasteiger charge is 2.30. The van der Waals surface area contributed by atoms with Gasteiger partial charge in [-0.05, 0) is 24.3 Å². The number of hydrogen-bond acceptors (Lipinski definition) is 7. The maximum atomic E-state index is 13.0. The van der Waals surface area contributed by atoms with Crippen LogP contribution in [-0.2, 0) is 12.7 Å². The maximum Gasteiger partial charge on any atom is 0.416 e. The molecule has 5 rings (SSSR count). The van der Waals surface area contributed by atoms with Gasteiger partial charge in [-0.1, -0.05) is 12.1 Å². The van der Waals surface area contributed by atoms with E-state index in [1.807, 2.05) is 0 Å². The molecule has 9 nitrogen and oxygen atoms in total. The number of benzene rings is 1. The quantitative estimate of drug-likeness (QED) is 0.412. The molecular formula is C23H17F3N8O. The molecule has 0 radical (unpaired) electrons. The second-order valence-electron chi connectivity index (χ2n) is 7.52. The van der Waals surface area contributed by atoms with Gasteiger partial charge in [-0.15, -0.1) is 0 Å². The van der Waals surface area contributed by atoms with Crippen LogP contribution in [0, 0.1) is 0 Å². The highest BCUT2D eigenvalue weighted by Crippen LogP contribution is 2.32. The van der Waals surface area contributed by atoms with Gasteiger partial charge in [0.2, 0.25) is 0 Å². The van der Waals surface area contributed by atoms with Crippen LogP contribution < -0.4 is 10.9 Å². The lowest BCUT2D eigenvalue weighted by atomic mass is 10.1. The van der Waals surface area contributed by atoms with Gasteiger partial charge in [-0.25, -0.2) is 24.6 Å². The molecule has 0 atom stereocenters. The third-order valence-corrected chi connectivity index (χ3v) is 5.29. The summed E-state index contributed by atoms with van der Waals surface area (Å²) in [5, 5.41) is 7.45. The molecule has 5 aromatic rings. The van der Waals surface area contributed by atoms with Crippen molar-refractivity contribution >= 4 is 17.0 Å². The van der Waals surface area contributed by atoms with Crippen LogP contribution in [-0.4, -0.2) is 41.3 Å². The minimum Gasteiger partial charge on any atom is -0.373 e. The first-order valence-electron chi connectivity index (χ1n) is 10.4. The molecule has 1 N–H and O–H groups in total. The SMILES string of the molecule is CNc1ccnc(Cn2ccc(-n3nc(-c4ccc(C(F)(F)F)cc4)c4nccnc43)cc2=O)n1. The molecule has 4 aromatic heterocycles. The number of anilines is 1. The van der Waals surface area contributed by atoms with Crippen LogP contribution >= 0.6 is 0 Å². The first kappa shape index (κ1) is 22.2. The lowest BCUT2D eigenvalue weighted by Crippen LogP contribution is -2.21. The zero-order valence-corrected chi connectivity index (χ0v) is 18.2. The lowest BCUT2D eigenvalue weighted by Gasteiger charge is -2.08. The minimum absolute atomic E-state index is 0.172. The summed E-state index contributed by atoms with van der Waals surface area (Å²) in [6.07, 6.45) is 1.70. The molecule has 0 aliphatic rings. The maximum absolute atomic E-state index is 13.0. The van der Waals surface area contributed by atoms with Crippen molar-refractivity contribution in [2.75, 3.05) is 12.4 Å². The van der Waals surface area contributed by atoms with Crippen LogP contribution in [0.5, 0.6) is 0 Å². The van der Waals surface area contributed by atoms with Crippen molar-refractivity contribution in [3.05, 3.63) is 89.0 Å². The van der Waals surface area contributed by atoms with Crippen molar-refractivity contribution in [1.82, 2.24) is 34.3 Å². The Bertz CT molecular complexity index is 1570. The van der Waals surface area contributed by atoms with Crippen LogP contribution in [0.4, 0.5) is 19.0 Å². The predicted molar refractivity (Wildman–Crippen MR) is 122 cm³/mol. The molecule has 0 saturated heterocycles. The Hall–Kier alpha value is -4.61. The summed E-state index contributed by atoms with van der Waals surface area (Å²) in [5.41, 5.74) is 0.909. The second-order valence-corrected chi connectivity index (χ2v) is 7.52. The van der Waals surface area contributed by atoms with Gasteiger partial charge in [0.25, 0.3) is 5.56 Å². The second kappa shape index (κ2) is 8.63. The number of aromatic nitrogens is 7. The Morgan fingerprint density at radius 3 is 2.46 bits per heavy atom. The van der Waals surface area contributed by atoms with E-state index >= 15 is 0 Å². The summed E-state index contributed by atoms with van der Waals surface area (Å²) in [6.45, 7) is 0.172. The molecule has 4 heterocycles. The number of nitrogens with zero attached hydrogens (tertiary/aromatic N) is 7. The number of halogens is 3. The third-order valence-electron chi connectivity index (χ3n) is 5.29. The van der Waals surface area contributed by atoms with Crippen LogP contribution in [0.2, 0.25) is 0 Å². The number of rotatable bonds is 5. The molecule has 12 heteroatoms. The van der Waals surface area contributed by atoms with E-state index in [1.165, 1.54) is 39.8 Å². The molecular weight excluding hydrogens is 461 g/mol. The average Bonchev–Trinajstić information content (AvgIpc) is 3.25. The van der Waals surface area contributed by atoms with Gasteiger partial charge in [0.1, 0.15) is 22.9 Å². The Kier molecular flexibility index (Phi) is 5.47. The summed E-state index contributed by atoms with van der Waals surface area (Å²) < 4.78 is 41.8. The number of pyridine rings is 1.